The van der Waals surface area contributed by atoms with Crippen LogP contribution in [0, 0.1) is 18.3 Å². The predicted octanol–water partition coefficient (Wildman–Crippen LogP) is 3.23. The van der Waals surface area contributed by atoms with E-state index in [2.05, 4.69) is 10.3 Å². The van der Waals surface area contributed by atoms with E-state index in [0.29, 0.717) is 37.5 Å². The summed E-state index contributed by atoms with van der Waals surface area (Å²) >= 11 is 1.08. The van der Waals surface area contributed by atoms with Crippen molar-refractivity contribution >= 4 is 33.1 Å². The van der Waals surface area contributed by atoms with Gasteiger partial charge in [0.1, 0.15) is 4.83 Å². The number of rotatable bonds is 4. The Hall–Kier alpha value is -3.96. The summed E-state index contributed by atoms with van der Waals surface area (Å²) in [6.45, 7) is 1.72. The minimum absolute atomic E-state index is 0.0282. The first kappa shape index (κ1) is 19.4. The lowest BCUT2D eigenvalue weighted by Crippen LogP contribution is -2.35. The van der Waals surface area contributed by atoms with E-state index in [0.717, 1.165) is 15.9 Å². The fraction of sp³-hybridized carbons (Fsp3) is 0.0909. The molecule has 148 valence electrons. The van der Waals surface area contributed by atoms with Gasteiger partial charge in [-0.1, -0.05) is 30.3 Å². The third-order valence-corrected chi connectivity index (χ3v) is 5.91. The van der Waals surface area contributed by atoms with E-state index in [-0.39, 0.29) is 12.5 Å². The fourth-order valence-corrected chi connectivity index (χ4v) is 4.33. The summed E-state index contributed by atoms with van der Waals surface area (Å²) in [7, 11) is 0. The molecule has 7 nitrogen and oxygen atoms in total. The molecule has 0 aliphatic rings. The van der Waals surface area contributed by atoms with Crippen molar-refractivity contribution in [2.75, 3.05) is 5.32 Å². The molecule has 2 aromatic heterocycles. The standard InChI is InChI=1S/C22H16N4O3S/c1-13-17-20(30-18(13)19(27)24-16-8-3-2-4-9-16)25-22(29)26(21(17)28)12-15-7-5-6-14(10-15)11-23/h2-10H,12H2,1H3,(H,24,27)(H,25,29). The van der Waals surface area contributed by atoms with E-state index in [1.807, 2.05) is 24.3 Å². The van der Waals surface area contributed by atoms with Crippen molar-refractivity contribution in [3.63, 3.8) is 0 Å². The molecule has 2 heterocycles. The number of carbonyl (C=O) groups excluding carboxylic acids is 1. The van der Waals surface area contributed by atoms with Gasteiger partial charge >= 0.3 is 5.69 Å². The molecule has 0 radical (unpaired) electrons. The van der Waals surface area contributed by atoms with E-state index >= 15 is 0 Å². The lowest BCUT2D eigenvalue weighted by molar-refractivity contribution is 0.103. The van der Waals surface area contributed by atoms with Crippen LogP contribution in [0.25, 0.3) is 10.2 Å². The topological polar surface area (TPSA) is 108 Å². The van der Waals surface area contributed by atoms with Crippen molar-refractivity contribution in [3.05, 3.63) is 97.0 Å². The fourth-order valence-electron chi connectivity index (χ4n) is 3.24. The highest BCUT2D eigenvalue weighted by molar-refractivity contribution is 7.20. The number of H-pyrrole nitrogens is 1. The minimum atomic E-state index is -0.564. The van der Waals surface area contributed by atoms with Gasteiger partial charge in [-0.25, -0.2) is 4.79 Å². The van der Waals surface area contributed by atoms with Gasteiger partial charge in [0.25, 0.3) is 11.5 Å². The number of aromatic nitrogens is 2. The Bertz CT molecular complexity index is 1430. The van der Waals surface area contributed by atoms with Crippen LogP contribution in [0.5, 0.6) is 0 Å². The highest BCUT2D eigenvalue weighted by Crippen LogP contribution is 2.27. The highest BCUT2D eigenvalue weighted by Gasteiger charge is 2.20. The van der Waals surface area contributed by atoms with Crippen LogP contribution in [-0.2, 0) is 6.54 Å². The smallest absolute Gasteiger partial charge is 0.321 e. The van der Waals surface area contributed by atoms with Gasteiger partial charge in [-0.05, 0) is 42.3 Å². The van der Waals surface area contributed by atoms with Crippen molar-refractivity contribution in [2.45, 2.75) is 13.5 Å². The normalized spacial score (nSPS) is 10.7. The summed E-state index contributed by atoms with van der Waals surface area (Å²) < 4.78 is 1.08. The molecule has 2 N–H and O–H groups in total. The molecule has 2 aromatic carbocycles. The van der Waals surface area contributed by atoms with Crippen LogP contribution in [-0.4, -0.2) is 15.5 Å². The van der Waals surface area contributed by atoms with Crippen molar-refractivity contribution in [1.82, 2.24) is 9.55 Å². The van der Waals surface area contributed by atoms with Crippen LogP contribution in [0.15, 0.2) is 64.2 Å². The largest absolute Gasteiger partial charge is 0.329 e. The SMILES string of the molecule is Cc1c(C(=O)Nc2ccccc2)sc2[nH]c(=O)n(Cc3cccc(C#N)c3)c(=O)c12. The van der Waals surface area contributed by atoms with Crippen LogP contribution < -0.4 is 16.6 Å². The lowest BCUT2D eigenvalue weighted by Gasteiger charge is -2.06. The molecule has 4 aromatic rings. The third-order valence-electron chi connectivity index (χ3n) is 4.71. The Morgan fingerprint density at radius 3 is 2.67 bits per heavy atom. The molecule has 0 spiro atoms. The second-order valence-corrected chi connectivity index (χ2v) is 7.73. The van der Waals surface area contributed by atoms with Gasteiger partial charge in [-0.15, -0.1) is 11.3 Å². The number of nitrogens with one attached hydrogen (secondary N) is 2. The number of aryl methyl sites for hydroxylation is 1. The second kappa shape index (κ2) is 7.81. The van der Waals surface area contributed by atoms with Crippen LogP contribution in [0.1, 0.15) is 26.4 Å². The summed E-state index contributed by atoms with van der Waals surface area (Å²) in [4.78, 5) is 41.8. The van der Waals surface area contributed by atoms with Crippen LogP contribution in [0.2, 0.25) is 0 Å². The molecule has 0 unspecified atom stereocenters. The zero-order chi connectivity index (χ0) is 21.3. The molecular weight excluding hydrogens is 400 g/mol. The first-order chi connectivity index (χ1) is 14.5. The van der Waals surface area contributed by atoms with E-state index in [1.54, 1.807) is 43.3 Å². The molecule has 0 atom stereocenters. The molecule has 0 aliphatic heterocycles. The number of para-hydroxylation sites is 1. The van der Waals surface area contributed by atoms with Crippen LogP contribution in [0.3, 0.4) is 0 Å². The number of benzene rings is 2. The van der Waals surface area contributed by atoms with Gasteiger partial charge < -0.3 is 5.32 Å². The van der Waals surface area contributed by atoms with Gasteiger partial charge in [-0.2, -0.15) is 5.26 Å². The second-order valence-electron chi connectivity index (χ2n) is 6.71. The number of amides is 1. The number of hydrogen-bond donors (Lipinski definition) is 2. The number of aromatic amines is 1. The van der Waals surface area contributed by atoms with E-state index < -0.39 is 11.2 Å². The van der Waals surface area contributed by atoms with Gasteiger partial charge in [0.15, 0.2) is 0 Å². The number of hydrogen-bond acceptors (Lipinski definition) is 5. The maximum atomic E-state index is 13.1. The van der Waals surface area contributed by atoms with Gasteiger partial charge in [0.05, 0.1) is 28.4 Å². The summed E-state index contributed by atoms with van der Waals surface area (Å²) in [6.07, 6.45) is 0. The summed E-state index contributed by atoms with van der Waals surface area (Å²) in [5.74, 6) is -0.339. The summed E-state index contributed by atoms with van der Waals surface area (Å²) in [5.41, 5.74) is 1.24. The number of nitriles is 1. The lowest BCUT2D eigenvalue weighted by atomic mass is 10.1. The molecule has 0 fully saturated rings. The molecule has 0 saturated heterocycles. The zero-order valence-corrected chi connectivity index (χ0v) is 16.7. The van der Waals surface area contributed by atoms with Gasteiger partial charge in [-0.3, -0.25) is 19.1 Å². The van der Waals surface area contributed by atoms with Crippen molar-refractivity contribution in [3.8, 4) is 6.07 Å². The van der Waals surface area contributed by atoms with E-state index in [9.17, 15) is 14.4 Å². The Morgan fingerprint density at radius 2 is 1.93 bits per heavy atom. The Morgan fingerprint density at radius 1 is 1.17 bits per heavy atom. The predicted molar refractivity (Wildman–Crippen MR) is 116 cm³/mol. The van der Waals surface area contributed by atoms with Crippen molar-refractivity contribution in [1.29, 1.82) is 5.26 Å². The summed E-state index contributed by atoms with van der Waals surface area (Å²) in [5, 5.41) is 12.2. The van der Waals surface area contributed by atoms with E-state index in [1.165, 1.54) is 0 Å². The Kier molecular flexibility index (Phi) is 5.04. The Labute approximate surface area is 174 Å². The van der Waals surface area contributed by atoms with Crippen molar-refractivity contribution in [2.24, 2.45) is 0 Å². The summed E-state index contributed by atoms with van der Waals surface area (Å²) in [6, 6.07) is 17.8. The number of nitrogens with zero attached hydrogens (tertiary/aromatic N) is 2. The molecular formula is C22H16N4O3S. The van der Waals surface area contributed by atoms with Crippen LogP contribution in [0.4, 0.5) is 5.69 Å². The number of fused-ring (bicyclic) bond motifs is 1. The quantitative estimate of drug-likeness (QED) is 0.532. The van der Waals surface area contributed by atoms with Crippen molar-refractivity contribution < 1.29 is 4.79 Å². The number of anilines is 1. The number of carbonyl (C=O) groups is 1. The molecule has 0 bridgehead atoms. The molecule has 4 rings (SSSR count). The molecule has 1 amide bonds. The minimum Gasteiger partial charge on any atom is -0.321 e. The first-order valence-corrected chi connectivity index (χ1v) is 9.91. The number of thiophene rings is 1. The van der Waals surface area contributed by atoms with Gasteiger partial charge in [0.2, 0.25) is 0 Å². The molecule has 0 saturated carbocycles. The van der Waals surface area contributed by atoms with E-state index in [4.69, 9.17) is 5.26 Å². The maximum Gasteiger partial charge on any atom is 0.329 e. The maximum absolute atomic E-state index is 13.1. The average Bonchev–Trinajstić information content (AvgIpc) is 3.08. The molecule has 30 heavy (non-hydrogen) atoms. The third kappa shape index (κ3) is 3.54. The zero-order valence-electron chi connectivity index (χ0n) is 15.9. The Balaban J connectivity index is 1.76. The monoisotopic (exact) mass is 416 g/mol. The molecule has 0 aliphatic carbocycles. The molecule has 8 heteroatoms. The van der Waals surface area contributed by atoms with Gasteiger partial charge in [0, 0.05) is 5.69 Å². The first-order valence-electron chi connectivity index (χ1n) is 9.09. The average molecular weight is 416 g/mol. The highest BCUT2D eigenvalue weighted by atomic mass is 32.1. The van der Waals surface area contributed by atoms with Crippen LogP contribution >= 0.6 is 11.3 Å².